The van der Waals surface area contributed by atoms with Crippen molar-refractivity contribution in [2.24, 2.45) is 0 Å². The second-order valence-electron chi connectivity index (χ2n) is 3.77. The van der Waals surface area contributed by atoms with E-state index in [4.69, 9.17) is 5.26 Å². The van der Waals surface area contributed by atoms with Crippen LogP contribution in [0.5, 0.6) is 0 Å². The number of pyridine rings is 1. The number of aryl methyl sites for hydroxylation is 1. The fourth-order valence-electron chi connectivity index (χ4n) is 1.65. The van der Waals surface area contributed by atoms with E-state index in [0.29, 0.717) is 5.69 Å². The topological polar surface area (TPSA) is 45.8 Å². The maximum absolute atomic E-state index is 13.6. The summed E-state index contributed by atoms with van der Waals surface area (Å²) in [6.07, 6.45) is 1.24. The molecule has 0 atom stereocenters. The van der Waals surface area contributed by atoms with Crippen LogP contribution in [0.15, 0.2) is 35.3 Å². The van der Waals surface area contributed by atoms with Crippen LogP contribution in [-0.4, -0.2) is 4.57 Å². The van der Waals surface area contributed by atoms with Crippen molar-refractivity contribution in [2.45, 2.75) is 6.92 Å². The number of nitrogens with zero attached hydrogens (tertiary/aromatic N) is 2. The van der Waals surface area contributed by atoms with Gasteiger partial charge in [0.05, 0.1) is 5.69 Å². The average Bonchev–Trinajstić information content (AvgIpc) is 2.30. The number of rotatable bonds is 1. The van der Waals surface area contributed by atoms with Crippen LogP contribution in [0, 0.1) is 29.9 Å². The molecule has 0 aliphatic heterocycles. The molecular weight excluding hydrogens is 238 g/mol. The maximum Gasteiger partial charge on any atom is 0.199 e. The monoisotopic (exact) mass is 246 g/mol. The minimum Gasteiger partial charge on any atom is -0.317 e. The van der Waals surface area contributed by atoms with Crippen molar-refractivity contribution >= 4 is 0 Å². The highest BCUT2D eigenvalue weighted by molar-refractivity contribution is 5.39. The zero-order chi connectivity index (χ0) is 13.3. The van der Waals surface area contributed by atoms with Gasteiger partial charge in [-0.3, -0.25) is 4.79 Å². The molecule has 0 amide bonds. The van der Waals surface area contributed by atoms with Gasteiger partial charge in [-0.25, -0.2) is 8.78 Å². The zero-order valence-corrected chi connectivity index (χ0v) is 9.45. The summed E-state index contributed by atoms with van der Waals surface area (Å²) in [5, 5.41) is 8.78. The Kier molecular flexibility index (Phi) is 2.94. The number of benzene rings is 1. The zero-order valence-electron chi connectivity index (χ0n) is 9.45. The minimum absolute atomic E-state index is 0.0883. The molecule has 18 heavy (non-hydrogen) atoms. The molecule has 0 bridgehead atoms. The van der Waals surface area contributed by atoms with Crippen molar-refractivity contribution in [3.8, 4) is 11.8 Å². The molecular formula is C13H8F2N2O. The summed E-state index contributed by atoms with van der Waals surface area (Å²) in [6, 6.07) is 6.09. The van der Waals surface area contributed by atoms with Gasteiger partial charge in [0.1, 0.15) is 23.3 Å². The van der Waals surface area contributed by atoms with Gasteiger partial charge in [-0.05, 0) is 19.1 Å². The lowest BCUT2D eigenvalue weighted by Crippen LogP contribution is -2.12. The van der Waals surface area contributed by atoms with Gasteiger partial charge in [-0.2, -0.15) is 5.26 Å². The molecule has 2 aromatic rings. The Balaban J connectivity index is 2.72. The van der Waals surface area contributed by atoms with Crippen LogP contribution in [0.1, 0.15) is 11.3 Å². The second-order valence-corrected chi connectivity index (χ2v) is 3.77. The molecule has 0 aliphatic carbocycles. The van der Waals surface area contributed by atoms with Gasteiger partial charge < -0.3 is 4.57 Å². The van der Waals surface area contributed by atoms with E-state index in [0.717, 1.165) is 12.1 Å². The van der Waals surface area contributed by atoms with Crippen molar-refractivity contribution < 1.29 is 8.78 Å². The lowest BCUT2D eigenvalue weighted by Gasteiger charge is -2.11. The maximum atomic E-state index is 13.6. The lowest BCUT2D eigenvalue weighted by atomic mass is 10.2. The third-order valence-electron chi connectivity index (χ3n) is 2.53. The molecule has 0 N–H and O–H groups in total. The number of hydrogen-bond acceptors (Lipinski definition) is 2. The van der Waals surface area contributed by atoms with E-state index in [9.17, 15) is 13.6 Å². The first-order valence-corrected chi connectivity index (χ1v) is 5.12. The van der Waals surface area contributed by atoms with Crippen LogP contribution in [0.2, 0.25) is 0 Å². The van der Waals surface area contributed by atoms with Gasteiger partial charge in [-0.15, -0.1) is 0 Å². The van der Waals surface area contributed by atoms with Crippen molar-refractivity contribution in [2.75, 3.05) is 0 Å². The van der Waals surface area contributed by atoms with Crippen LogP contribution in [0.3, 0.4) is 0 Å². The van der Waals surface area contributed by atoms with Crippen molar-refractivity contribution in [3.63, 3.8) is 0 Å². The highest BCUT2D eigenvalue weighted by Gasteiger charge is 2.09. The van der Waals surface area contributed by atoms with Crippen molar-refractivity contribution in [1.82, 2.24) is 4.57 Å². The Labute approximate surface area is 102 Å². The molecule has 0 fully saturated rings. The van der Waals surface area contributed by atoms with Gasteiger partial charge in [0.25, 0.3) is 0 Å². The Morgan fingerprint density at radius 3 is 2.61 bits per heavy atom. The highest BCUT2D eigenvalue weighted by atomic mass is 19.1. The fourth-order valence-corrected chi connectivity index (χ4v) is 1.65. The summed E-state index contributed by atoms with van der Waals surface area (Å²) in [5.41, 5.74) is 0.0352. The number of aromatic nitrogens is 1. The molecule has 0 unspecified atom stereocenters. The number of nitriles is 1. The first-order chi connectivity index (χ1) is 8.52. The first kappa shape index (κ1) is 12.0. The number of halogens is 2. The quantitative estimate of drug-likeness (QED) is 0.775. The summed E-state index contributed by atoms with van der Waals surface area (Å²) in [4.78, 5) is 11.4. The normalized spacial score (nSPS) is 10.1. The molecule has 1 aromatic carbocycles. The molecule has 3 nitrogen and oxygen atoms in total. The third-order valence-corrected chi connectivity index (χ3v) is 2.53. The summed E-state index contributed by atoms with van der Waals surface area (Å²) in [7, 11) is 0. The molecule has 2 rings (SSSR count). The predicted octanol–water partition coefficient (Wildman–Crippen LogP) is 2.30. The highest BCUT2D eigenvalue weighted by Crippen LogP contribution is 2.16. The molecule has 5 heteroatoms. The SMILES string of the molecule is Cc1cc(=O)c(C#N)cn1-c1ccc(F)cc1F. The Bertz CT molecular complexity index is 714. The summed E-state index contributed by atoms with van der Waals surface area (Å²) in [6.45, 7) is 1.60. The molecule has 0 saturated carbocycles. The van der Waals surface area contributed by atoms with E-state index in [-0.39, 0.29) is 11.3 Å². The van der Waals surface area contributed by atoms with Crippen molar-refractivity contribution in [3.05, 3.63) is 63.6 Å². The standard InChI is InChI=1S/C13H8F2N2O/c1-8-4-13(18)9(6-16)7-17(8)12-3-2-10(14)5-11(12)15/h2-5,7H,1H3. The third kappa shape index (κ3) is 2.00. The minimum atomic E-state index is -0.759. The van der Waals surface area contributed by atoms with E-state index >= 15 is 0 Å². The summed E-state index contributed by atoms with van der Waals surface area (Å²) >= 11 is 0. The van der Waals surface area contributed by atoms with Gasteiger partial charge >= 0.3 is 0 Å². The molecule has 0 saturated heterocycles. The van der Waals surface area contributed by atoms with Crippen LogP contribution >= 0.6 is 0 Å². The molecule has 0 aliphatic rings. The van der Waals surface area contributed by atoms with Gasteiger partial charge in [0.15, 0.2) is 5.43 Å². The Hall–Kier alpha value is -2.48. The van der Waals surface area contributed by atoms with Crippen LogP contribution in [0.4, 0.5) is 8.78 Å². The van der Waals surface area contributed by atoms with E-state index in [2.05, 4.69) is 0 Å². The largest absolute Gasteiger partial charge is 0.317 e. The Morgan fingerprint density at radius 2 is 2.00 bits per heavy atom. The van der Waals surface area contributed by atoms with E-state index < -0.39 is 17.1 Å². The Morgan fingerprint density at radius 1 is 1.28 bits per heavy atom. The molecule has 0 spiro atoms. The second kappa shape index (κ2) is 4.41. The van der Waals surface area contributed by atoms with Gasteiger partial charge in [-0.1, -0.05) is 0 Å². The summed E-state index contributed by atoms with van der Waals surface area (Å²) in [5.74, 6) is -1.44. The summed E-state index contributed by atoms with van der Waals surface area (Å²) < 4.78 is 27.8. The molecule has 90 valence electrons. The van der Waals surface area contributed by atoms with E-state index in [1.165, 1.54) is 22.9 Å². The van der Waals surface area contributed by atoms with E-state index in [1.54, 1.807) is 13.0 Å². The van der Waals surface area contributed by atoms with Crippen LogP contribution in [-0.2, 0) is 0 Å². The lowest BCUT2D eigenvalue weighted by molar-refractivity contribution is 0.576. The smallest absolute Gasteiger partial charge is 0.199 e. The van der Waals surface area contributed by atoms with Crippen LogP contribution < -0.4 is 5.43 Å². The molecule has 1 heterocycles. The van der Waals surface area contributed by atoms with Crippen LogP contribution in [0.25, 0.3) is 5.69 Å². The number of hydrogen-bond donors (Lipinski definition) is 0. The van der Waals surface area contributed by atoms with Gasteiger partial charge in [0.2, 0.25) is 0 Å². The van der Waals surface area contributed by atoms with Crippen molar-refractivity contribution in [1.29, 1.82) is 5.26 Å². The fraction of sp³-hybridized carbons (Fsp3) is 0.0769. The molecule has 0 radical (unpaired) electrons. The van der Waals surface area contributed by atoms with E-state index in [1.807, 2.05) is 0 Å². The van der Waals surface area contributed by atoms with Gasteiger partial charge in [0, 0.05) is 24.0 Å². The average molecular weight is 246 g/mol. The predicted molar refractivity (Wildman–Crippen MR) is 61.4 cm³/mol. The molecule has 1 aromatic heterocycles. The first-order valence-electron chi connectivity index (χ1n) is 5.12.